The number of fused-ring (bicyclic) bond motifs is 1. The third kappa shape index (κ3) is 2.64. The molecule has 21 heavy (non-hydrogen) atoms. The van der Waals surface area contributed by atoms with Gasteiger partial charge in [-0.1, -0.05) is 24.4 Å². The fraction of sp³-hybridized carbons (Fsp3) is 0.286. The number of amides is 1. The molecule has 0 aliphatic rings. The van der Waals surface area contributed by atoms with Gasteiger partial charge in [0.25, 0.3) is 0 Å². The van der Waals surface area contributed by atoms with E-state index in [9.17, 15) is 4.79 Å². The van der Waals surface area contributed by atoms with Crippen LogP contribution in [0.25, 0.3) is 22.6 Å². The van der Waals surface area contributed by atoms with Crippen molar-refractivity contribution in [1.29, 1.82) is 0 Å². The van der Waals surface area contributed by atoms with Gasteiger partial charge in [-0.25, -0.2) is 4.98 Å². The summed E-state index contributed by atoms with van der Waals surface area (Å²) in [5.74, 6) is 0.722. The Bertz CT molecular complexity index is 763. The van der Waals surface area contributed by atoms with Crippen molar-refractivity contribution in [2.75, 3.05) is 6.54 Å². The van der Waals surface area contributed by atoms with E-state index >= 15 is 0 Å². The van der Waals surface area contributed by atoms with Gasteiger partial charge >= 0.3 is 0 Å². The Balaban J connectivity index is 1.98. The number of rotatable bonds is 5. The van der Waals surface area contributed by atoms with Crippen LogP contribution in [0.2, 0.25) is 0 Å². The Hall–Kier alpha value is -2.28. The highest BCUT2D eigenvalue weighted by atomic mass is 32.1. The second-order valence-corrected chi connectivity index (χ2v) is 6.10. The summed E-state index contributed by atoms with van der Waals surface area (Å²) < 4.78 is 3.85. The average Bonchev–Trinajstić information content (AvgIpc) is 3.12. The van der Waals surface area contributed by atoms with Crippen LogP contribution in [0.3, 0.4) is 0 Å². The number of benzene rings is 1. The SMILES string of the molecule is CC(C)(CNC=O)c1ccc2nc(-c3csnn3)[nH]c2c1. The third-order valence-electron chi connectivity index (χ3n) is 3.49. The zero-order valence-electron chi connectivity index (χ0n) is 11.8. The van der Waals surface area contributed by atoms with Gasteiger partial charge in [-0.2, -0.15) is 0 Å². The van der Waals surface area contributed by atoms with Crippen molar-refractivity contribution in [1.82, 2.24) is 24.9 Å². The minimum atomic E-state index is -0.150. The molecule has 2 N–H and O–H groups in total. The molecular formula is C14H15N5OS. The zero-order valence-corrected chi connectivity index (χ0v) is 12.6. The van der Waals surface area contributed by atoms with E-state index in [2.05, 4.69) is 44.8 Å². The lowest BCUT2D eigenvalue weighted by molar-refractivity contribution is -0.109. The Morgan fingerprint density at radius 2 is 2.29 bits per heavy atom. The van der Waals surface area contributed by atoms with Crippen LogP contribution < -0.4 is 5.32 Å². The number of aromatic nitrogens is 4. The van der Waals surface area contributed by atoms with Gasteiger partial charge < -0.3 is 10.3 Å². The second kappa shape index (κ2) is 5.25. The molecule has 7 heteroatoms. The highest BCUT2D eigenvalue weighted by molar-refractivity contribution is 7.03. The van der Waals surface area contributed by atoms with Crippen molar-refractivity contribution in [3.63, 3.8) is 0 Å². The zero-order chi connectivity index (χ0) is 14.9. The van der Waals surface area contributed by atoms with Crippen LogP contribution in [0.15, 0.2) is 23.6 Å². The lowest BCUT2D eigenvalue weighted by Gasteiger charge is -2.24. The standard InChI is InChI=1S/C14H15N5OS/c1-14(2,7-15-8-20)9-3-4-10-11(5-9)17-13(16-10)12-6-21-19-18-12/h3-6,8H,7H2,1-2H3,(H,15,20)(H,16,17). The average molecular weight is 301 g/mol. The van der Waals surface area contributed by atoms with Crippen molar-refractivity contribution in [3.8, 4) is 11.5 Å². The van der Waals surface area contributed by atoms with Gasteiger partial charge in [-0.15, -0.1) is 5.10 Å². The summed E-state index contributed by atoms with van der Waals surface area (Å²) >= 11 is 1.30. The number of carbonyl (C=O) groups excluding carboxylic acids is 1. The van der Waals surface area contributed by atoms with E-state index in [-0.39, 0.29) is 5.41 Å². The first-order chi connectivity index (χ1) is 10.1. The van der Waals surface area contributed by atoms with Crippen molar-refractivity contribution in [3.05, 3.63) is 29.1 Å². The minimum absolute atomic E-state index is 0.150. The maximum Gasteiger partial charge on any atom is 0.207 e. The number of nitrogens with one attached hydrogen (secondary N) is 2. The molecule has 0 aliphatic carbocycles. The predicted octanol–water partition coefficient (Wildman–Crippen LogP) is 2.10. The number of carbonyl (C=O) groups is 1. The smallest absolute Gasteiger partial charge is 0.207 e. The molecule has 0 unspecified atom stereocenters. The highest BCUT2D eigenvalue weighted by Gasteiger charge is 2.21. The van der Waals surface area contributed by atoms with E-state index < -0.39 is 0 Å². The van der Waals surface area contributed by atoms with Gasteiger partial charge in [0, 0.05) is 17.3 Å². The predicted molar refractivity (Wildman–Crippen MR) is 82.1 cm³/mol. The van der Waals surface area contributed by atoms with Crippen molar-refractivity contribution in [2.45, 2.75) is 19.3 Å². The summed E-state index contributed by atoms with van der Waals surface area (Å²) in [5.41, 5.74) is 3.58. The number of hydrogen-bond acceptors (Lipinski definition) is 5. The largest absolute Gasteiger partial charge is 0.358 e. The van der Waals surface area contributed by atoms with E-state index in [1.807, 2.05) is 17.5 Å². The summed E-state index contributed by atoms with van der Waals surface area (Å²) in [5, 5.41) is 8.62. The monoisotopic (exact) mass is 301 g/mol. The molecule has 3 aromatic rings. The lowest BCUT2D eigenvalue weighted by Crippen LogP contribution is -2.32. The quantitative estimate of drug-likeness (QED) is 0.707. The Kier molecular flexibility index (Phi) is 3.42. The first kappa shape index (κ1) is 13.7. The Labute approximate surface area is 125 Å². The number of H-pyrrole nitrogens is 1. The molecule has 0 spiro atoms. The fourth-order valence-corrected chi connectivity index (χ4v) is 2.66. The van der Waals surface area contributed by atoms with E-state index in [1.165, 1.54) is 11.5 Å². The van der Waals surface area contributed by atoms with E-state index in [1.54, 1.807) is 0 Å². The Morgan fingerprint density at radius 3 is 3.00 bits per heavy atom. The number of aromatic amines is 1. The second-order valence-electron chi connectivity index (χ2n) is 5.49. The number of imidazole rings is 1. The molecule has 3 rings (SSSR count). The summed E-state index contributed by atoms with van der Waals surface area (Å²) in [6.07, 6.45) is 0.726. The van der Waals surface area contributed by atoms with E-state index in [4.69, 9.17) is 0 Å². The molecule has 6 nitrogen and oxygen atoms in total. The van der Waals surface area contributed by atoms with Crippen LogP contribution in [-0.2, 0) is 10.2 Å². The van der Waals surface area contributed by atoms with Crippen LogP contribution >= 0.6 is 11.5 Å². The maximum absolute atomic E-state index is 10.5. The molecular weight excluding hydrogens is 286 g/mol. The molecule has 0 aliphatic heterocycles. The molecule has 1 amide bonds. The minimum Gasteiger partial charge on any atom is -0.358 e. The fourth-order valence-electron chi connectivity index (χ4n) is 2.22. The molecule has 2 aromatic heterocycles. The topological polar surface area (TPSA) is 83.6 Å². The summed E-state index contributed by atoms with van der Waals surface area (Å²) in [4.78, 5) is 18.3. The maximum atomic E-state index is 10.5. The van der Waals surface area contributed by atoms with Crippen LogP contribution in [-0.4, -0.2) is 32.5 Å². The van der Waals surface area contributed by atoms with Gasteiger partial charge in [0.1, 0.15) is 5.69 Å². The highest BCUT2D eigenvalue weighted by Crippen LogP contribution is 2.27. The molecule has 0 radical (unpaired) electrons. The third-order valence-corrected chi connectivity index (χ3v) is 4.00. The first-order valence-corrected chi connectivity index (χ1v) is 7.38. The van der Waals surface area contributed by atoms with E-state index in [0.29, 0.717) is 6.54 Å². The normalized spacial score (nSPS) is 11.7. The molecule has 108 valence electrons. The lowest BCUT2D eigenvalue weighted by atomic mass is 9.84. The molecule has 1 aromatic carbocycles. The summed E-state index contributed by atoms with van der Waals surface area (Å²) in [7, 11) is 0. The molecule has 0 fully saturated rings. The van der Waals surface area contributed by atoms with Gasteiger partial charge in [0.05, 0.1) is 11.0 Å². The number of nitrogens with zero attached hydrogens (tertiary/aromatic N) is 3. The molecule has 0 bridgehead atoms. The van der Waals surface area contributed by atoms with Gasteiger partial charge in [0.2, 0.25) is 6.41 Å². The van der Waals surface area contributed by atoms with Crippen molar-refractivity contribution in [2.24, 2.45) is 0 Å². The molecule has 0 saturated heterocycles. The number of hydrogen-bond donors (Lipinski definition) is 2. The van der Waals surface area contributed by atoms with Crippen LogP contribution in [0.1, 0.15) is 19.4 Å². The summed E-state index contributed by atoms with van der Waals surface area (Å²) in [6, 6.07) is 6.09. The molecule has 2 heterocycles. The first-order valence-electron chi connectivity index (χ1n) is 6.55. The van der Waals surface area contributed by atoms with Crippen LogP contribution in [0, 0.1) is 0 Å². The van der Waals surface area contributed by atoms with Gasteiger partial charge in [-0.3, -0.25) is 4.79 Å². The Morgan fingerprint density at radius 1 is 1.43 bits per heavy atom. The summed E-state index contributed by atoms with van der Waals surface area (Å²) in [6.45, 7) is 4.76. The molecule has 0 atom stereocenters. The van der Waals surface area contributed by atoms with Crippen molar-refractivity contribution >= 4 is 29.0 Å². The molecule has 0 saturated carbocycles. The van der Waals surface area contributed by atoms with Gasteiger partial charge in [-0.05, 0) is 29.2 Å². The van der Waals surface area contributed by atoms with Crippen LogP contribution in [0.5, 0.6) is 0 Å². The van der Waals surface area contributed by atoms with Crippen LogP contribution in [0.4, 0.5) is 0 Å². The van der Waals surface area contributed by atoms with E-state index in [0.717, 1.165) is 34.5 Å². The van der Waals surface area contributed by atoms with Crippen molar-refractivity contribution < 1.29 is 4.79 Å². The van der Waals surface area contributed by atoms with Gasteiger partial charge in [0.15, 0.2) is 5.82 Å².